The lowest BCUT2D eigenvalue weighted by Gasteiger charge is -2.18. The molecule has 2 N–H and O–H groups in total. The van der Waals surface area contributed by atoms with Gasteiger partial charge >= 0.3 is 0 Å². The summed E-state index contributed by atoms with van der Waals surface area (Å²) in [6.45, 7) is 8.33. The summed E-state index contributed by atoms with van der Waals surface area (Å²) in [6.07, 6.45) is 4.70. The Hall–Kier alpha value is -0.640. The third-order valence-corrected chi connectivity index (χ3v) is 4.84. The van der Waals surface area contributed by atoms with Crippen LogP contribution in [0.5, 0.6) is 0 Å². The minimum absolute atomic E-state index is 0. The summed E-state index contributed by atoms with van der Waals surface area (Å²) in [4.78, 5) is 4.15. The van der Waals surface area contributed by atoms with E-state index in [-0.39, 0.29) is 28.7 Å². The molecule has 0 aliphatic carbocycles. The van der Waals surface area contributed by atoms with E-state index < -0.39 is 10.8 Å². The van der Waals surface area contributed by atoms with Crippen molar-refractivity contribution in [3.05, 3.63) is 18.5 Å². The molecule has 0 bridgehead atoms. The maximum Gasteiger partial charge on any atom is 0.191 e. The highest BCUT2D eigenvalue weighted by atomic mass is 127. The molecule has 22 heavy (non-hydrogen) atoms. The second-order valence-corrected chi connectivity index (χ2v) is 8.03. The molecule has 0 aliphatic heterocycles. The zero-order valence-corrected chi connectivity index (χ0v) is 17.0. The van der Waals surface area contributed by atoms with E-state index in [1.807, 2.05) is 37.7 Å². The molecule has 1 aromatic heterocycles. The van der Waals surface area contributed by atoms with E-state index in [2.05, 4.69) is 20.7 Å². The molecule has 128 valence electrons. The molecule has 1 atom stereocenters. The van der Waals surface area contributed by atoms with Gasteiger partial charge in [-0.05, 0) is 33.3 Å². The monoisotopic (exact) mass is 441 g/mol. The molecule has 0 amide bonds. The molecular formula is C14H28IN5OS. The first-order valence-electron chi connectivity index (χ1n) is 7.24. The number of guanidine groups is 1. The first-order valence-corrected chi connectivity index (χ1v) is 8.56. The van der Waals surface area contributed by atoms with Gasteiger partial charge in [-0.1, -0.05) is 0 Å². The minimum Gasteiger partial charge on any atom is -0.356 e. The number of aryl methyl sites for hydroxylation is 1. The van der Waals surface area contributed by atoms with Crippen LogP contribution in [0.25, 0.3) is 0 Å². The molecule has 1 unspecified atom stereocenters. The van der Waals surface area contributed by atoms with Gasteiger partial charge in [-0.15, -0.1) is 24.0 Å². The molecule has 1 rings (SSSR count). The summed E-state index contributed by atoms with van der Waals surface area (Å²) in [5, 5.41) is 10.6. The van der Waals surface area contributed by atoms with Crippen LogP contribution in [0.4, 0.5) is 0 Å². The minimum atomic E-state index is -0.840. The van der Waals surface area contributed by atoms with Crippen molar-refractivity contribution in [2.45, 2.75) is 38.5 Å². The molecule has 1 heterocycles. The number of hydrogen-bond donors (Lipinski definition) is 2. The molecule has 0 radical (unpaired) electrons. The average Bonchev–Trinajstić information content (AvgIpc) is 2.93. The standard InChI is InChI=1S/C14H27N5OS.HI/c1-14(2,3)21(20)12-9-17-13(15-4)16-7-5-10-19-11-6-8-18-19;/h6,8,11H,5,7,9-10,12H2,1-4H3,(H2,15,16,17);1H. The Morgan fingerprint density at radius 2 is 2.00 bits per heavy atom. The van der Waals surface area contributed by atoms with Crippen LogP contribution in [0, 0.1) is 0 Å². The van der Waals surface area contributed by atoms with Crippen molar-refractivity contribution in [1.82, 2.24) is 20.4 Å². The van der Waals surface area contributed by atoms with E-state index in [4.69, 9.17) is 0 Å². The molecule has 0 aromatic carbocycles. The lowest BCUT2D eigenvalue weighted by Crippen LogP contribution is -2.40. The van der Waals surface area contributed by atoms with Gasteiger partial charge in [0.15, 0.2) is 5.96 Å². The van der Waals surface area contributed by atoms with Crippen LogP contribution < -0.4 is 10.6 Å². The normalized spacial score (nSPS) is 13.4. The smallest absolute Gasteiger partial charge is 0.191 e. The Labute approximate surface area is 153 Å². The lowest BCUT2D eigenvalue weighted by molar-refractivity contribution is 0.570. The second kappa shape index (κ2) is 11.0. The third-order valence-electron chi connectivity index (χ3n) is 2.90. The third kappa shape index (κ3) is 8.72. The Balaban J connectivity index is 0.00000441. The topological polar surface area (TPSA) is 71.3 Å². The fourth-order valence-corrected chi connectivity index (χ4v) is 2.57. The van der Waals surface area contributed by atoms with Crippen molar-refractivity contribution in [3.8, 4) is 0 Å². The van der Waals surface area contributed by atoms with Gasteiger partial charge in [0.2, 0.25) is 0 Å². The summed E-state index contributed by atoms with van der Waals surface area (Å²) in [5.74, 6) is 1.37. The highest BCUT2D eigenvalue weighted by molar-refractivity contribution is 14.0. The van der Waals surface area contributed by atoms with Crippen molar-refractivity contribution < 1.29 is 4.21 Å². The van der Waals surface area contributed by atoms with Crippen LogP contribution in [0.15, 0.2) is 23.5 Å². The van der Waals surface area contributed by atoms with Crippen molar-refractivity contribution in [3.63, 3.8) is 0 Å². The molecule has 8 heteroatoms. The molecule has 0 saturated carbocycles. The van der Waals surface area contributed by atoms with Crippen molar-refractivity contribution in [2.24, 2.45) is 4.99 Å². The maximum atomic E-state index is 11.9. The van der Waals surface area contributed by atoms with Gasteiger partial charge in [0.1, 0.15) is 0 Å². The lowest BCUT2D eigenvalue weighted by atomic mass is 10.3. The van der Waals surface area contributed by atoms with Crippen molar-refractivity contribution >= 4 is 40.7 Å². The van der Waals surface area contributed by atoms with Crippen LogP contribution in [0.1, 0.15) is 27.2 Å². The summed E-state index contributed by atoms with van der Waals surface area (Å²) < 4.78 is 13.7. The number of nitrogens with zero attached hydrogens (tertiary/aromatic N) is 3. The highest BCUT2D eigenvalue weighted by Gasteiger charge is 2.18. The molecule has 1 aromatic rings. The van der Waals surface area contributed by atoms with Crippen molar-refractivity contribution in [2.75, 3.05) is 25.9 Å². The van der Waals surface area contributed by atoms with Crippen LogP contribution in [-0.2, 0) is 17.3 Å². The Morgan fingerprint density at radius 1 is 1.32 bits per heavy atom. The summed E-state index contributed by atoms with van der Waals surface area (Å²) >= 11 is 0. The maximum absolute atomic E-state index is 11.9. The molecule has 6 nitrogen and oxygen atoms in total. The van der Waals surface area contributed by atoms with Crippen LogP contribution >= 0.6 is 24.0 Å². The molecular weight excluding hydrogens is 413 g/mol. The molecule has 0 saturated heterocycles. The Morgan fingerprint density at radius 3 is 2.55 bits per heavy atom. The van der Waals surface area contributed by atoms with E-state index in [9.17, 15) is 4.21 Å². The Bertz CT molecular complexity index is 456. The fourth-order valence-electron chi connectivity index (χ4n) is 1.67. The van der Waals surface area contributed by atoms with E-state index in [1.54, 1.807) is 13.2 Å². The van der Waals surface area contributed by atoms with E-state index in [0.717, 1.165) is 25.5 Å². The zero-order valence-electron chi connectivity index (χ0n) is 13.8. The summed E-state index contributed by atoms with van der Waals surface area (Å²) in [6, 6.07) is 1.92. The average molecular weight is 441 g/mol. The van der Waals surface area contributed by atoms with E-state index in [1.165, 1.54) is 0 Å². The van der Waals surface area contributed by atoms with Gasteiger partial charge in [0, 0.05) is 60.4 Å². The van der Waals surface area contributed by atoms with Crippen LogP contribution in [0.2, 0.25) is 0 Å². The number of halogens is 1. The molecule has 0 spiro atoms. The Kier molecular flexibility index (Phi) is 10.7. The number of hydrogen-bond acceptors (Lipinski definition) is 3. The fraction of sp³-hybridized carbons (Fsp3) is 0.714. The summed E-state index contributed by atoms with van der Waals surface area (Å²) in [7, 11) is 0.899. The highest BCUT2D eigenvalue weighted by Crippen LogP contribution is 2.10. The second-order valence-electron chi connectivity index (χ2n) is 5.71. The summed E-state index contributed by atoms with van der Waals surface area (Å²) in [5.41, 5.74) is 0. The first-order chi connectivity index (χ1) is 9.93. The van der Waals surface area contributed by atoms with Gasteiger partial charge < -0.3 is 10.6 Å². The number of aromatic nitrogens is 2. The van der Waals surface area contributed by atoms with Gasteiger partial charge in [-0.2, -0.15) is 5.10 Å². The van der Waals surface area contributed by atoms with E-state index in [0.29, 0.717) is 12.3 Å². The van der Waals surface area contributed by atoms with E-state index >= 15 is 0 Å². The molecule has 0 aliphatic rings. The first kappa shape index (κ1) is 21.4. The number of rotatable bonds is 7. The van der Waals surface area contributed by atoms with Crippen molar-refractivity contribution in [1.29, 1.82) is 0 Å². The predicted molar refractivity (Wildman–Crippen MR) is 104 cm³/mol. The number of aliphatic imine (C=N–C) groups is 1. The largest absolute Gasteiger partial charge is 0.356 e. The van der Waals surface area contributed by atoms with Gasteiger partial charge in [-0.25, -0.2) is 0 Å². The quantitative estimate of drug-likeness (QED) is 0.292. The number of nitrogens with one attached hydrogen (secondary N) is 2. The SMILES string of the molecule is CN=C(NCCCn1cccn1)NCCS(=O)C(C)(C)C.I. The molecule has 0 fully saturated rings. The van der Waals surface area contributed by atoms with Gasteiger partial charge in [0.05, 0.1) is 0 Å². The zero-order chi connectivity index (χ0) is 15.7. The van der Waals surface area contributed by atoms with Crippen LogP contribution in [0.3, 0.4) is 0 Å². The van der Waals surface area contributed by atoms with Gasteiger partial charge in [-0.3, -0.25) is 13.9 Å². The van der Waals surface area contributed by atoms with Crippen LogP contribution in [-0.4, -0.2) is 50.6 Å². The van der Waals surface area contributed by atoms with Gasteiger partial charge in [0.25, 0.3) is 0 Å². The predicted octanol–water partition coefficient (Wildman–Crippen LogP) is 1.60.